The van der Waals surface area contributed by atoms with Crippen molar-refractivity contribution < 1.29 is 19.1 Å². The number of carbonyl (C=O) groups excluding carboxylic acids is 1. The molecule has 1 amide bonds. The summed E-state index contributed by atoms with van der Waals surface area (Å²) >= 11 is 5.86. The molecule has 126 valence electrons. The molecule has 0 bridgehead atoms. The lowest BCUT2D eigenvalue weighted by Crippen LogP contribution is -2.51. The first-order chi connectivity index (χ1) is 11.3. The van der Waals surface area contributed by atoms with E-state index in [-0.39, 0.29) is 23.7 Å². The zero-order valence-corrected chi connectivity index (χ0v) is 13.7. The Balaban J connectivity index is 2.02. The van der Waals surface area contributed by atoms with E-state index in [1.165, 1.54) is 12.1 Å². The number of carbonyl (C=O) groups is 2. The maximum Gasteiger partial charge on any atom is 0.328 e. The average molecular weight is 353 g/mol. The summed E-state index contributed by atoms with van der Waals surface area (Å²) < 4.78 is 16.0. The summed E-state index contributed by atoms with van der Waals surface area (Å²) in [6.45, 7) is 3.26. The Morgan fingerprint density at radius 3 is 2.71 bits per heavy atom. The number of rotatable bonds is 2. The zero-order chi connectivity index (χ0) is 17.6. The molecule has 24 heavy (non-hydrogen) atoms. The van der Waals surface area contributed by atoms with Crippen molar-refractivity contribution in [3.8, 4) is 0 Å². The molecule has 0 saturated heterocycles. The molecule has 0 radical (unpaired) electrons. The number of hydrogen-bond acceptors (Lipinski definition) is 4. The van der Waals surface area contributed by atoms with E-state index in [2.05, 4.69) is 10.2 Å². The van der Waals surface area contributed by atoms with Crippen LogP contribution in [0, 0.1) is 19.7 Å². The minimum atomic E-state index is -1.18. The lowest BCUT2D eigenvalue weighted by molar-refractivity contribution is -0.143. The van der Waals surface area contributed by atoms with Crippen LogP contribution in [0.4, 0.5) is 4.39 Å². The van der Waals surface area contributed by atoms with Crippen LogP contribution in [0.5, 0.6) is 0 Å². The van der Waals surface area contributed by atoms with Crippen molar-refractivity contribution in [2.24, 2.45) is 0 Å². The Bertz CT molecular complexity index is 851. The second kappa shape index (κ2) is 5.86. The van der Waals surface area contributed by atoms with Crippen LogP contribution in [0.25, 0.3) is 0 Å². The van der Waals surface area contributed by atoms with Crippen LogP contribution in [0.1, 0.15) is 27.6 Å². The Kier molecular flexibility index (Phi) is 4.00. The lowest BCUT2D eigenvalue weighted by atomic mass is 10.1. The van der Waals surface area contributed by atoms with Crippen LogP contribution in [-0.4, -0.2) is 42.7 Å². The number of carboxylic acids is 1. The number of hydrogen-bond donors (Lipinski definition) is 1. The molecule has 9 heteroatoms. The van der Waals surface area contributed by atoms with Gasteiger partial charge in [0.1, 0.15) is 11.9 Å². The van der Waals surface area contributed by atoms with Crippen molar-refractivity contribution in [2.45, 2.75) is 33.0 Å². The maximum absolute atomic E-state index is 14.3. The molecule has 0 spiro atoms. The number of nitrogens with zero attached hydrogens (tertiary/aromatic N) is 4. The SMILES string of the molecule is Cc1ccc(C(=O)N2Cc3nnc(C)n3CC2C(=O)O)c(F)c1Cl. The summed E-state index contributed by atoms with van der Waals surface area (Å²) in [7, 11) is 0. The van der Waals surface area contributed by atoms with E-state index in [1.807, 2.05) is 0 Å². The Morgan fingerprint density at radius 2 is 2.04 bits per heavy atom. The van der Waals surface area contributed by atoms with Gasteiger partial charge in [-0.3, -0.25) is 4.79 Å². The standard InChI is InChI=1S/C15H14ClFN4O3/c1-7-3-4-9(13(17)12(7)16)14(22)21-6-11-19-18-8(2)20(11)5-10(21)15(23)24/h3-4,10H,5-6H2,1-2H3,(H,23,24). The van der Waals surface area contributed by atoms with Gasteiger partial charge < -0.3 is 14.6 Å². The molecule has 0 aliphatic carbocycles. The second-order valence-electron chi connectivity index (χ2n) is 5.62. The molecule has 1 aliphatic rings. The predicted octanol–water partition coefficient (Wildman–Crippen LogP) is 1.80. The van der Waals surface area contributed by atoms with Crippen molar-refractivity contribution in [3.05, 3.63) is 45.7 Å². The molecule has 7 nitrogen and oxygen atoms in total. The first-order valence-electron chi connectivity index (χ1n) is 7.18. The molecule has 1 aromatic carbocycles. The van der Waals surface area contributed by atoms with Gasteiger partial charge in [-0.25, -0.2) is 9.18 Å². The van der Waals surface area contributed by atoms with Gasteiger partial charge >= 0.3 is 5.97 Å². The number of aliphatic carboxylic acids is 1. The Morgan fingerprint density at radius 1 is 1.33 bits per heavy atom. The van der Waals surface area contributed by atoms with E-state index in [9.17, 15) is 19.1 Å². The monoisotopic (exact) mass is 352 g/mol. The molecule has 2 heterocycles. The second-order valence-corrected chi connectivity index (χ2v) is 6.00. The Hall–Kier alpha value is -2.48. The summed E-state index contributed by atoms with van der Waals surface area (Å²) in [4.78, 5) is 25.4. The number of amides is 1. The van der Waals surface area contributed by atoms with Gasteiger partial charge in [-0.15, -0.1) is 10.2 Å². The molecule has 3 rings (SSSR count). The fourth-order valence-corrected chi connectivity index (χ4v) is 2.87. The minimum Gasteiger partial charge on any atom is -0.480 e. The first-order valence-corrected chi connectivity index (χ1v) is 7.56. The quantitative estimate of drug-likeness (QED) is 0.890. The molecular weight excluding hydrogens is 339 g/mol. The van der Waals surface area contributed by atoms with Gasteiger partial charge in [0.2, 0.25) is 0 Å². The molecule has 1 atom stereocenters. The first kappa shape index (κ1) is 16.4. The van der Waals surface area contributed by atoms with Crippen LogP contribution in [0.2, 0.25) is 5.02 Å². The molecule has 1 aromatic heterocycles. The number of halogens is 2. The third kappa shape index (κ3) is 2.52. The van der Waals surface area contributed by atoms with E-state index < -0.39 is 23.7 Å². The molecule has 1 N–H and O–H groups in total. The zero-order valence-electron chi connectivity index (χ0n) is 13.0. The van der Waals surface area contributed by atoms with Gasteiger partial charge in [0.05, 0.1) is 23.7 Å². The van der Waals surface area contributed by atoms with Gasteiger partial charge in [0, 0.05) is 0 Å². The highest BCUT2D eigenvalue weighted by Crippen LogP contribution is 2.26. The molecule has 0 fully saturated rings. The van der Waals surface area contributed by atoms with Crippen molar-refractivity contribution in [2.75, 3.05) is 0 Å². The van der Waals surface area contributed by atoms with Crippen molar-refractivity contribution >= 4 is 23.5 Å². The van der Waals surface area contributed by atoms with E-state index >= 15 is 0 Å². The summed E-state index contributed by atoms with van der Waals surface area (Å²) in [6, 6.07) is 1.69. The van der Waals surface area contributed by atoms with Crippen molar-refractivity contribution in [1.82, 2.24) is 19.7 Å². The van der Waals surface area contributed by atoms with Crippen LogP contribution < -0.4 is 0 Å². The topological polar surface area (TPSA) is 88.3 Å². The van der Waals surface area contributed by atoms with E-state index in [0.29, 0.717) is 17.2 Å². The van der Waals surface area contributed by atoms with Crippen LogP contribution >= 0.6 is 11.6 Å². The van der Waals surface area contributed by atoms with Gasteiger partial charge in [-0.2, -0.15) is 0 Å². The number of aryl methyl sites for hydroxylation is 2. The third-order valence-corrected chi connectivity index (χ3v) is 4.57. The largest absolute Gasteiger partial charge is 0.480 e. The summed E-state index contributed by atoms with van der Waals surface area (Å²) in [5.41, 5.74) is 0.232. The van der Waals surface area contributed by atoms with Crippen molar-refractivity contribution in [3.63, 3.8) is 0 Å². The number of aromatic nitrogens is 3. The minimum absolute atomic E-state index is 0.0104. The smallest absolute Gasteiger partial charge is 0.328 e. The maximum atomic E-state index is 14.3. The molecule has 1 aliphatic heterocycles. The van der Waals surface area contributed by atoms with E-state index in [1.54, 1.807) is 18.4 Å². The number of carboxylic acid groups (broad SMARTS) is 1. The molecule has 2 aromatic rings. The normalized spacial score (nSPS) is 16.8. The highest BCUT2D eigenvalue weighted by atomic mass is 35.5. The van der Waals surface area contributed by atoms with E-state index in [0.717, 1.165) is 4.90 Å². The molecular formula is C15H14ClFN4O3. The number of fused-ring (bicyclic) bond motifs is 1. The number of benzene rings is 1. The highest BCUT2D eigenvalue weighted by molar-refractivity contribution is 6.31. The van der Waals surface area contributed by atoms with Gasteiger partial charge in [0.15, 0.2) is 11.6 Å². The lowest BCUT2D eigenvalue weighted by Gasteiger charge is -2.33. The summed E-state index contributed by atoms with van der Waals surface area (Å²) in [5.74, 6) is -1.76. The van der Waals surface area contributed by atoms with Gasteiger partial charge in [-0.05, 0) is 25.5 Å². The van der Waals surface area contributed by atoms with Crippen LogP contribution in [0.15, 0.2) is 12.1 Å². The predicted molar refractivity (Wildman–Crippen MR) is 82.2 cm³/mol. The average Bonchev–Trinajstić information content (AvgIpc) is 2.91. The Labute approximate surface area is 141 Å². The summed E-state index contributed by atoms with van der Waals surface area (Å²) in [6.07, 6.45) is 0. The van der Waals surface area contributed by atoms with Crippen LogP contribution in [0.3, 0.4) is 0 Å². The van der Waals surface area contributed by atoms with Gasteiger partial charge in [-0.1, -0.05) is 17.7 Å². The highest BCUT2D eigenvalue weighted by Gasteiger charge is 2.37. The van der Waals surface area contributed by atoms with E-state index in [4.69, 9.17) is 11.6 Å². The third-order valence-electron chi connectivity index (χ3n) is 4.11. The van der Waals surface area contributed by atoms with Crippen LogP contribution in [-0.2, 0) is 17.9 Å². The molecule has 0 saturated carbocycles. The van der Waals surface area contributed by atoms with Crippen molar-refractivity contribution in [1.29, 1.82) is 0 Å². The summed E-state index contributed by atoms with van der Waals surface area (Å²) in [5, 5.41) is 17.1. The molecule has 1 unspecified atom stereocenters. The fraction of sp³-hybridized carbons (Fsp3) is 0.333. The van der Waals surface area contributed by atoms with Gasteiger partial charge in [0.25, 0.3) is 5.91 Å². The fourth-order valence-electron chi connectivity index (χ4n) is 2.70.